The maximum Gasteiger partial charge on any atom is 0.573 e. The van der Waals surface area contributed by atoms with Gasteiger partial charge in [0.05, 0.1) is 6.42 Å². The summed E-state index contributed by atoms with van der Waals surface area (Å²) >= 11 is 0. The van der Waals surface area contributed by atoms with Gasteiger partial charge in [0.15, 0.2) is 0 Å². The summed E-state index contributed by atoms with van der Waals surface area (Å²) in [7, 11) is 0. The lowest BCUT2D eigenvalue weighted by Crippen LogP contribution is -2.30. The number of carbonyl (C=O) groups is 1. The largest absolute Gasteiger partial charge is 0.573 e. The number of halogens is 4. The van der Waals surface area contributed by atoms with Crippen molar-refractivity contribution in [1.29, 1.82) is 0 Å². The van der Waals surface area contributed by atoms with Gasteiger partial charge < -0.3 is 15.8 Å². The minimum absolute atomic E-state index is 0. The van der Waals surface area contributed by atoms with Crippen LogP contribution in [-0.4, -0.2) is 24.9 Å². The first-order valence-electron chi connectivity index (χ1n) is 6.13. The third kappa shape index (κ3) is 9.14. The van der Waals surface area contributed by atoms with Crippen LogP contribution in [0.4, 0.5) is 13.2 Å². The molecule has 1 aromatic carbocycles. The number of hydrogen-bond donors (Lipinski definition) is 2. The summed E-state index contributed by atoms with van der Waals surface area (Å²) in [5.74, 6) is -0.506. The predicted octanol–water partition coefficient (Wildman–Crippen LogP) is 2.40. The summed E-state index contributed by atoms with van der Waals surface area (Å²) < 4.78 is 39.6. The SMILES string of the molecule is CC(N)CCNC(=O)Cc1ccc(OC(F)(F)F)cc1.Cl. The van der Waals surface area contributed by atoms with E-state index < -0.39 is 6.36 Å². The molecule has 1 rings (SSSR count). The maximum absolute atomic E-state index is 12.0. The predicted molar refractivity (Wildman–Crippen MR) is 75.4 cm³/mol. The van der Waals surface area contributed by atoms with Crippen molar-refractivity contribution < 1.29 is 22.7 Å². The zero-order valence-electron chi connectivity index (χ0n) is 11.4. The molecule has 0 saturated carbocycles. The summed E-state index contributed by atoms with van der Waals surface area (Å²) in [6, 6.07) is 5.21. The second-order valence-corrected chi connectivity index (χ2v) is 4.48. The molecule has 0 fully saturated rings. The zero-order chi connectivity index (χ0) is 15.2. The fourth-order valence-electron chi connectivity index (χ4n) is 1.50. The van der Waals surface area contributed by atoms with E-state index in [0.717, 1.165) is 0 Å². The lowest BCUT2D eigenvalue weighted by atomic mass is 10.1. The third-order valence-electron chi connectivity index (χ3n) is 2.44. The van der Waals surface area contributed by atoms with Crippen molar-refractivity contribution >= 4 is 18.3 Å². The summed E-state index contributed by atoms with van der Waals surface area (Å²) in [5, 5.41) is 2.69. The van der Waals surface area contributed by atoms with Crippen LogP contribution in [-0.2, 0) is 11.2 Å². The minimum atomic E-state index is -4.71. The highest BCUT2D eigenvalue weighted by atomic mass is 35.5. The standard InChI is InChI=1S/C13H17F3N2O2.ClH/c1-9(17)6-7-18-12(19)8-10-2-4-11(5-3-10)20-13(14,15)16;/h2-5,9H,6-8,17H2,1H3,(H,18,19);1H. The van der Waals surface area contributed by atoms with Crippen LogP contribution in [0, 0.1) is 0 Å². The van der Waals surface area contributed by atoms with Crippen molar-refractivity contribution in [2.75, 3.05) is 6.54 Å². The van der Waals surface area contributed by atoms with Crippen molar-refractivity contribution in [3.05, 3.63) is 29.8 Å². The number of rotatable bonds is 6. The molecule has 0 aromatic heterocycles. The molecule has 4 nitrogen and oxygen atoms in total. The fourth-order valence-corrected chi connectivity index (χ4v) is 1.50. The number of nitrogens with one attached hydrogen (secondary N) is 1. The van der Waals surface area contributed by atoms with Crippen LogP contribution in [0.1, 0.15) is 18.9 Å². The van der Waals surface area contributed by atoms with E-state index in [-0.39, 0.29) is 36.5 Å². The van der Waals surface area contributed by atoms with Crippen LogP contribution < -0.4 is 15.8 Å². The van der Waals surface area contributed by atoms with E-state index in [2.05, 4.69) is 10.1 Å². The molecule has 0 spiro atoms. The highest BCUT2D eigenvalue weighted by Gasteiger charge is 2.30. The molecule has 120 valence electrons. The monoisotopic (exact) mass is 326 g/mol. The third-order valence-corrected chi connectivity index (χ3v) is 2.44. The van der Waals surface area contributed by atoms with Gasteiger partial charge in [-0.3, -0.25) is 4.79 Å². The topological polar surface area (TPSA) is 64.3 Å². The van der Waals surface area contributed by atoms with Crippen molar-refractivity contribution in [3.63, 3.8) is 0 Å². The van der Waals surface area contributed by atoms with Gasteiger partial charge in [0.1, 0.15) is 5.75 Å². The first-order valence-corrected chi connectivity index (χ1v) is 6.13. The minimum Gasteiger partial charge on any atom is -0.406 e. The smallest absolute Gasteiger partial charge is 0.406 e. The molecule has 0 heterocycles. The van der Waals surface area contributed by atoms with E-state index in [1.54, 1.807) is 0 Å². The molecule has 0 aliphatic heterocycles. The molecule has 8 heteroatoms. The first kappa shape index (κ1) is 19.5. The van der Waals surface area contributed by atoms with Crippen LogP contribution in [0.3, 0.4) is 0 Å². The molecule has 0 aliphatic carbocycles. The molecule has 0 aliphatic rings. The van der Waals surface area contributed by atoms with E-state index in [4.69, 9.17) is 5.73 Å². The normalized spacial score (nSPS) is 12.2. The Balaban J connectivity index is 0.00000400. The van der Waals surface area contributed by atoms with E-state index in [0.29, 0.717) is 18.5 Å². The van der Waals surface area contributed by atoms with Gasteiger partial charge in [-0.05, 0) is 31.0 Å². The number of alkyl halides is 3. The average Bonchev–Trinajstić information content (AvgIpc) is 2.29. The van der Waals surface area contributed by atoms with Crippen LogP contribution in [0.2, 0.25) is 0 Å². The number of amides is 1. The van der Waals surface area contributed by atoms with Gasteiger partial charge in [-0.15, -0.1) is 25.6 Å². The number of benzene rings is 1. The Bertz CT molecular complexity index is 436. The second kappa shape index (κ2) is 8.74. The number of ether oxygens (including phenoxy) is 1. The Kier molecular flexibility index (Phi) is 8.12. The Morgan fingerprint density at radius 1 is 1.33 bits per heavy atom. The van der Waals surface area contributed by atoms with E-state index >= 15 is 0 Å². The van der Waals surface area contributed by atoms with Crippen molar-refractivity contribution in [2.45, 2.75) is 32.2 Å². The fraction of sp³-hybridized carbons (Fsp3) is 0.462. The molecule has 0 bridgehead atoms. The van der Waals surface area contributed by atoms with Gasteiger partial charge in [0.2, 0.25) is 5.91 Å². The Morgan fingerprint density at radius 2 is 1.90 bits per heavy atom. The molecule has 1 aromatic rings. The summed E-state index contributed by atoms with van der Waals surface area (Å²) in [4.78, 5) is 11.5. The van der Waals surface area contributed by atoms with Crippen molar-refractivity contribution in [3.8, 4) is 5.75 Å². The van der Waals surface area contributed by atoms with Gasteiger partial charge in [0, 0.05) is 12.6 Å². The maximum atomic E-state index is 12.0. The van der Waals surface area contributed by atoms with E-state index in [1.807, 2.05) is 6.92 Å². The number of hydrogen-bond acceptors (Lipinski definition) is 3. The summed E-state index contributed by atoms with van der Waals surface area (Å²) in [6.07, 6.45) is -3.94. The van der Waals surface area contributed by atoms with Gasteiger partial charge in [-0.2, -0.15) is 0 Å². The highest BCUT2D eigenvalue weighted by Crippen LogP contribution is 2.22. The first-order chi connectivity index (χ1) is 9.26. The summed E-state index contributed by atoms with van der Waals surface area (Å²) in [5.41, 5.74) is 6.15. The Hall–Kier alpha value is -1.47. The molecule has 1 unspecified atom stereocenters. The lowest BCUT2D eigenvalue weighted by Gasteiger charge is -2.10. The molecule has 1 amide bonds. The van der Waals surface area contributed by atoms with Gasteiger partial charge in [-0.1, -0.05) is 12.1 Å². The highest BCUT2D eigenvalue weighted by molar-refractivity contribution is 5.85. The molecule has 3 N–H and O–H groups in total. The van der Waals surface area contributed by atoms with Crippen LogP contribution in [0.25, 0.3) is 0 Å². The van der Waals surface area contributed by atoms with Gasteiger partial charge >= 0.3 is 6.36 Å². The van der Waals surface area contributed by atoms with Gasteiger partial charge in [-0.25, -0.2) is 0 Å². The number of nitrogens with two attached hydrogens (primary N) is 1. The lowest BCUT2D eigenvalue weighted by molar-refractivity contribution is -0.274. The van der Waals surface area contributed by atoms with Crippen LogP contribution in [0.5, 0.6) is 5.75 Å². The summed E-state index contributed by atoms with van der Waals surface area (Å²) in [6.45, 7) is 2.32. The zero-order valence-corrected chi connectivity index (χ0v) is 12.3. The van der Waals surface area contributed by atoms with Crippen LogP contribution in [0.15, 0.2) is 24.3 Å². The molecule has 0 radical (unpaired) electrons. The Labute approximate surface area is 127 Å². The average molecular weight is 327 g/mol. The molecular weight excluding hydrogens is 309 g/mol. The van der Waals surface area contributed by atoms with Crippen molar-refractivity contribution in [1.82, 2.24) is 5.32 Å². The second-order valence-electron chi connectivity index (χ2n) is 4.48. The molecule has 21 heavy (non-hydrogen) atoms. The quantitative estimate of drug-likeness (QED) is 0.843. The number of carbonyl (C=O) groups excluding carboxylic acids is 1. The van der Waals surface area contributed by atoms with Crippen molar-refractivity contribution in [2.24, 2.45) is 5.73 Å². The van der Waals surface area contributed by atoms with E-state index in [1.165, 1.54) is 24.3 Å². The van der Waals surface area contributed by atoms with Crippen LogP contribution >= 0.6 is 12.4 Å². The van der Waals surface area contributed by atoms with E-state index in [9.17, 15) is 18.0 Å². The van der Waals surface area contributed by atoms with Gasteiger partial charge in [0.25, 0.3) is 0 Å². The Morgan fingerprint density at radius 3 is 2.38 bits per heavy atom. The molecule has 0 saturated heterocycles. The molecular formula is C13H18ClF3N2O2. The molecule has 1 atom stereocenters.